The van der Waals surface area contributed by atoms with Crippen LogP contribution in [-0.2, 0) is 4.79 Å². The lowest BCUT2D eigenvalue weighted by Crippen LogP contribution is -2.28. The van der Waals surface area contributed by atoms with Gasteiger partial charge in [0.05, 0.1) is 11.4 Å². The molecule has 2 heterocycles. The minimum atomic E-state index is -4.84. The maximum absolute atomic E-state index is 13.6. The summed E-state index contributed by atoms with van der Waals surface area (Å²) in [6, 6.07) is 21.3. The number of para-hydroxylation sites is 2. The Balaban J connectivity index is 1.56. The van der Waals surface area contributed by atoms with Crippen molar-refractivity contribution in [3.8, 4) is 11.4 Å². The first-order valence-corrected chi connectivity index (χ1v) is 12.0. The number of hydrogen-bond donors (Lipinski definition) is 1. The number of carbonyl (C=O) groups excluding carboxylic acids is 1. The average Bonchev–Trinajstić information content (AvgIpc) is 3.26. The van der Waals surface area contributed by atoms with E-state index in [9.17, 15) is 22.8 Å². The van der Waals surface area contributed by atoms with Crippen LogP contribution >= 0.6 is 11.8 Å². The van der Waals surface area contributed by atoms with Gasteiger partial charge in [-0.2, -0.15) is 0 Å². The van der Waals surface area contributed by atoms with E-state index in [1.807, 2.05) is 42.5 Å². The molecule has 0 atom stereocenters. The van der Waals surface area contributed by atoms with Crippen molar-refractivity contribution in [2.75, 3.05) is 17.7 Å². The Morgan fingerprint density at radius 1 is 1.03 bits per heavy atom. The van der Waals surface area contributed by atoms with E-state index in [1.54, 1.807) is 19.2 Å². The highest BCUT2D eigenvalue weighted by molar-refractivity contribution is 7.99. The molecule has 2 aromatic heterocycles. The number of benzene rings is 3. The normalized spacial score (nSPS) is 11.7. The van der Waals surface area contributed by atoms with Crippen LogP contribution in [0.15, 0.2) is 88.8 Å². The van der Waals surface area contributed by atoms with E-state index in [0.717, 1.165) is 29.3 Å². The third kappa shape index (κ3) is 5.03. The summed E-state index contributed by atoms with van der Waals surface area (Å²) >= 11 is 1.06. The molecule has 0 spiro atoms. The van der Waals surface area contributed by atoms with E-state index in [0.29, 0.717) is 16.7 Å². The number of carbonyl (C=O) groups is 1. The summed E-state index contributed by atoms with van der Waals surface area (Å²) in [6.07, 6.45) is -4.84. The lowest BCUT2D eigenvalue weighted by atomic mass is 10.2. The summed E-state index contributed by atoms with van der Waals surface area (Å²) in [5, 5.41) is 0.965. The summed E-state index contributed by atoms with van der Waals surface area (Å²) in [6.45, 7) is 0. The monoisotopic (exact) mass is 524 g/mol. The molecule has 0 saturated heterocycles. The number of alkyl halides is 3. The van der Waals surface area contributed by atoms with Crippen LogP contribution in [0.3, 0.4) is 0 Å². The number of nitrogens with zero attached hydrogens (tertiary/aromatic N) is 3. The lowest BCUT2D eigenvalue weighted by molar-refractivity contribution is -0.274. The number of ether oxygens (including phenoxy) is 1. The maximum atomic E-state index is 13.6. The SMILES string of the molecule is CN(C(=O)CSc1nc2c([nH]c3ccccc32)c(=O)n1-c1ccc(OC(F)(F)F)cc1)c1ccccc1. The van der Waals surface area contributed by atoms with Gasteiger partial charge in [0.25, 0.3) is 5.56 Å². The number of aromatic nitrogens is 3. The number of rotatable bonds is 6. The van der Waals surface area contributed by atoms with Crippen LogP contribution in [0.1, 0.15) is 0 Å². The van der Waals surface area contributed by atoms with Crippen molar-refractivity contribution in [3.63, 3.8) is 0 Å². The Morgan fingerprint density at radius 3 is 2.41 bits per heavy atom. The molecule has 11 heteroatoms. The van der Waals surface area contributed by atoms with Gasteiger partial charge in [-0.3, -0.25) is 14.2 Å². The largest absolute Gasteiger partial charge is 0.573 e. The number of H-pyrrole nitrogens is 1. The molecular formula is C26H19F3N4O3S. The molecule has 5 rings (SSSR count). The van der Waals surface area contributed by atoms with Crippen LogP contribution in [0.25, 0.3) is 27.6 Å². The molecule has 1 N–H and O–H groups in total. The number of halogens is 3. The molecule has 7 nitrogen and oxygen atoms in total. The lowest BCUT2D eigenvalue weighted by Gasteiger charge is -2.18. The van der Waals surface area contributed by atoms with Crippen LogP contribution in [0, 0.1) is 0 Å². The van der Waals surface area contributed by atoms with E-state index >= 15 is 0 Å². The number of aromatic amines is 1. The van der Waals surface area contributed by atoms with Gasteiger partial charge in [-0.05, 0) is 42.5 Å². The fourth-order valence-corrected chi connectivity index (χ4v) is 4.80. The summed E-state index contributed by atoms with van der Waals surface area (Å²) in [5.41, 5.74) is 1.94. The van der Waals surface area contributed by atoms with E-state index in [2.05, 4.69) is 9.72 Å². The van der Waals surface area contributed by atoms with Crippen molar-refractivity contribution in [1.29, 1.82) is 0 Å². The second-order valence-corrected chi connectivity index (χ2v) is 8.99. The molecule has 0 aliphatic rings. The number of nitrogens with one attached hydrogen (secondary N) is 1. The molecule has 0 saturated carbocycles. The minimum absolute atomic E-state index is 0.0268. The van der Waals surface area contributed by atoms with Gasteiger partial charge in [0.1, 0.15) is 16.8 Å². The van der Waals surface area contributed by atoms with Crippen molar-refractivity contribution in [3.05, 3.63) is 89.2 Å². The second kappa shape index (κ2) is 9.66. The molecule has 37 heavy (non-hydrogen) atoms. The fraction of sp³-hybridized carbons (Fsp3) is 0.115. The van der Waals surface area contributed by atoms with Gasteiger partial charge in [-0.1, -0.05) is 48.2 Å². The summed E-state index contributed by atoms with van der Waals surface area (Å²) in [7, 11) is 1.65. The fourth-order valence-electron chi connectivity index (χ4n) is 3.88. The molecule has 0 bridgehead atoms. The summed E-state index contributed by atoms with van der Waals surface area (Å²) < 4.78 is 43.0. The highest BCUT2D eigenvalue weighted by Crippen LogP contribution is 2.28. The third-order valence-electron chi connectivity index (χ3n) is 5.67. The molecule has 0 aliphatic heterocycles. The molecule has 1 amide bonds. The highest BCUT2D eigenvalue weighted by atomic mass is 32.2. The predicted octanol–water partition coefficient (Wildman–Crippen LogP) is 5.52. The number of anilines is 1. The Kier molecular flexibility index (Phi) is 6.38. The van der Waals surface area contributed by atoms with E-state index < -0.39 is 17.7 Å². The predicted molar refractivity (Wildman–Crippen MR) is 136 cm³/mol. The topological polar surface area (TPSA) is 80.2 Å². The number of amides is 1. The maximum Gasteiger partial charge on any atom is 0.573 e. The molecular weight excluding hydrogens is 505 g/mol. The van der Waals surface area contributed by atoms with Crippen molar-refractivity contribution in [2.45, 2.75) is 11.5 Å². The highest BCUT2D eigenvalue weighted by Gasteiger charge is 2.31. The Morgan fingerprint density at radius 2 is 1.70 bits per heavy atom. The van der Waals surface area contributed by atoms with Gasteiger partial charge >= 0.3 is 6.36 Å². The number of thioether (sulfide) groups is 1. The van der Waals surface area contributed by atoms with Gasteiger partial charge in [0.2, 0.25) is 5.91 Å². The first kappa shape index (κ1) is 24.4. The minimum Gasteiger partial charge on any atom is -0.406 e. The smallest absolute Gasteiger partial charge is 0.406 e. The molecule has 0 fully saturated rings. The standard InChI is InChI=1S/C26H19F3N4O3S/c1-32(16-7-3-2-4-8-16)21(34)15-37-25-31-22-19-9-5-6-10-20(19)30-23(22)24(35)33(25)17-11-13-18(14-12-17)36-26(27,28)29/h2-14,30H,15H2,1H3. The van der Waals surface area contributed by atoms with Crippen LogP contribution in [0.5, 0.6) is 5.75 Å². The molecule has 5 aromatic rings. The van der Waals surface area contributed by atoms with Crippen LogP contribution in [-0.4, -0.2) is 39.6 Å². The quantitative estimate of drug-likeness (QED) is 0.234. The van der Waals surface area contributed by atoms with Gasteiger partial charge in [0.15, 0.2) is 5.16 Å². The molecule has 3 aromatic carbocycles. The number of fused-ring (bicyclic) bond motifs is 3. The first-order chi connectivity index (χ1) is 17.7. The zero-order valence-electron chi connectivity index (χ0n) is 19.3. The van der Waals surface area contributed by atoms with E-state index in [-0.39, 0.29) is 28.0 Å². The Hall–Kier alpha value is -4.25. The molecule has 188 valence electrons. The van der Waals surface area contributed by atoms with Crippen molar-refractivity contribution < 1.29 is 22.7 Å². The molecule has 0 radical (unpaired) electrons. The zero-order valence-corrected chi connectivity index (χ0v) is 20.1. The zero-order chi connectivity index (χ0) is 26.2. The van der Waals surface area contributed by atoms with Crippen LogP contribution in [0.4, 0.5) is 18.9 Å². The van der Waals surface area contributed by atoms with Gasteiger partial charge in [-0.25, -0.2) is 4.98 Å². The second-order valence-electron chi connectivity index (χ2n) is 8.05. The van der Waals surface area contributed by atoms with E-state index in [1.165, 1.54) is 21.6 Å². The third-order valence-corrected chi connectivity index (χ3v) is 6.59. The number of hydrogen-bond acceptors (Lipinski definition) is 5. The van der Waals surface area contributed by atoms with Crippen molar-refractivity contribution in [1.82, 2.24) is 14.5 Å². The van der Waals surface area contributed by atoms with Gasteiger partial charge in [0, 0.05) is 23.6 Å². The van der Waals surface area contributed by atoms with Gasteiger partial charge < -0.3 is 14.6 Å². The first-order valence-electron chi connectivity index (χ1n) is 11.1. The van der Waals surface area contributed by atoms with Crippen LogP contribution in [0.2, 0.25) is 0 Å². The van der Waals surface area contributed by atoms with Crippen LogP contribution < -0.4 is 15.2 Å². The van der Waals surface area contributed by atoms with Crippen molar-refractivity contribution in [2.24, 2.45) is 0 Å². The van der Waals surface area contributed by atoms with Gasteiger partial charge in [-0.15, -0.1) is 13.2 Å². The van der Waals surface area contributed by atoms with Crippen molar-refractivity contribution >= 4 is 45.3 Å². The Bertz CT molecular complexity index is 1650. The average molecular weight is 525 g/mol. The summed E-state index contributed by atoms with van der Waals surface area (Å²) in [4.78, 5) is 35.8. The Labute approximate surface area is 212 Å². The summed E-state index contributed by atoms with van der Waals surface area (Å²) in [5.74, 6) is -0.663. The van der Waals surface area contributed by atoms with E-state index in [4.69, 9.17) is 4.98 Å². The molecule has 0 aliphatic carbocycles. The molecule has 0 unspecified atom stereocenters.